The van der Waals surface area contributed by atoms with Gasteiger partial charge in [-0.1, -0.05) is 18.2 Å². The van der Waals surface area contributed by atoms with Crippen molar-refractivity contribution in [2.75, 3.05) is 18.8 Å². The van der Waals surface area contributed by atoms with Gasteiger partial charge in [-0.2, -0.15) is 0 Å². The SMILES string of the molecule is Nc1ccccc1C1CCN(C(=O)O)CC1. The maximum atomic E-state index is 10.8. The van der Waals surface area contributed by atoms with E-state index in [1.165, 1.54) is 4.90 Å². The number of likely N-dealkylation sites (tertiary alicyclic amines) is 1. The number of piperidine rings is 1. The van der Waals surface area contributed by atoms with Gasteiger partial charge in [0, 0.05) is 18.8 Å². The smallest absolute Gasteiger partial charge is 0.407 e. The number of benzene rings is 1. The van der Waals surface area contributed by atoms with E-state index in [1.54, 1.807) is 0 Å². The van der Waals surface area contributed by atoms with Gasteiger partial charge in [-0.3, -0.25) is 0 Å². The highest BCUT2D eigenvalue weighted by Gasteiger charge is 2.24. The van der Waals surface area contributed by atoms with Crippen molar-refractivity contribution >= 4 is 11.8 Å². The third-order valence-electron chi connectivity index (χ3n) is 3.20. The zero-order valence-electron chi connectivity index (χ0n) is 9.10. The van der Waals surface area contributed by atoms with E-state index in [1.807, 2.05) is 24.3 Å². The second-order valence-electron chi connectivity index (χ2n) is 4.17. The summed E-state index contributed by atoms with van der Waals surface area (Å²) in [6.45, 7) is 1.21. The summed E-state index contributed by atoms with van der Waals surface area (Å²) < 4.78 is 0. The Hall–Kier alpha value is -1.71. The van der Waals surface area contributed by atoms with Crippen LogP contribution in [0.1, 0.15) is 24.3 Å². The first kappa shape index (κ1) is 10.8. The number of carbonyl (C=O) groups is 1. The van der Waals surface area contributed by atoms with Crippen LogP contribution in [0.4, 0.5) is 10.5 Å². The van der Waals surface area contributed by atoms with Crippen LogP contribution in [0.3, 0.4) is 0 Å². The monoisotopic (exact) mass is 220 g/mol. The Labute approximate surface area is 94.7 Å². The van der Waals surface area contributed by atoms with Crippen LogP contribution in [0.2, 0.25) is 0 Å². The Morgan fingerprint density at radius 2 is 1.94 bits per heavy atom. The van der Waals surface area contributed by atoms with Crippen molar-refractivity contribution in [3.05, 3.63) is 29.8 Å². The fourth-order valence-corrected chi connectivity index (χ4v) is 2.26. The summed E-state index contributed by atoms with van der Waals surface area (Å²) >= 11 is 0. The minimum atomic E-state index is -0.820. The number of hydrogen-bond donors (Lipinski definition) is 2. The summed E-state index contributed by atoms with van der Waals surface area (Å²) in [5, 5.41) is 8.85. The molecule has 86 valence electrons. The number of nitrogens with zero attached hydrogens (tertiary/aromatic N) is 1. The van der Waals surface area contributed by atoms with Gasteiger partial charge in [0.2, 0.25) is 0 Å². The minimum absolute atomic E-state index is 0.400. The molecule has 2 rings (SSSR count). The first-order chi connectivity index (χ1) is 7.68. The molecule has 0 bridgehead atoms. The Bertz CT molecular complexity index is 384. The average Bonchev–Trinajstić information content (AvgIpc) is 2.30. The molecular formula is C12H16N2O2. The Morgan fingerprint density at radius 3 is 2.50 bits per heavy atom. The molecule has 1 heterocycles. The van der Waals surface area contributed by atoms with Gasteiger partial charge in [-0.25, -0.2) is 4.79 Å². The number of rotatable bonds is 1. The Kier molecular flexibility index (Phi) is 2.99. The summed E-state index contributed by atoms with van der Waals surface area (Å²) in [4.78, 5) is 12.2. The summed E-state index contributed by atoms with van der Waals surface area (Å²) in [5.41, 5.74) is 7.89. The van der Waals surface area contributed by atoms with Crippen molar-refractivity contribution in [3.8, 4) is 0 Å². The highest BCUT2D eigenvalue weighted by atomic mass is 16.4. The fourth-order valence-electron chi connectivity index (χ4n) is 2.26. The number of para-hydroxylation sites is 1. The van der Waals surface area contributed by atoms with Crippen molar-refractivity contribution in [1.29, 1.82) is 0 Å². The van der Waals surface area contributed by atoms with E-state index in [0.717, 1.165) is 24.1 Å². The molecule has 1 saturated heterocycles. The van der Waals surface area contributed by atoms with Crippen LogP contribution in [0.5, 0.6) is 0 Å². The van der Waals surface area contributed by atoms with Crippen molar-refractivity contribution in [3.63, 3.8) is 0 Å². The standard InChI is InChI=1S/C12H16N2O2/c13-11-4-2-1-3-10(11)9-5-7-14(8-6-9)12(15)16/h1-4,9H,5-8,13H2,(H,15,16). The van der Waals surface area contributed by atoms with Crippen LogP contribution in [0.15, 0.2) is 24.3 Å². The highest BCUT2D eigenvalue weighted by Crippen LogP contribution is 2.31. The Morgan fingerprint density at radius 1 is 1.31 bits per heavy atom. The van der Waals surface area contributed by atoms with Crippen LogP contribution in [0, 0.1) is 0 Å². The van der Waals surface area contributed by atoms with Crippen molar-refractivity contribution in [2.45, 2.75) is 18.8 Å². The molecule has 4 heteroatoms. The lowest BCUT2D eigenvalue weighted by molar-refractivity contribution is 0.132. The number of amides is 1. The van der Waals surface area contributed by atoms with E-state index >= 15 is 0 Å². The summed E-state index contributed by atoms with van der Waals surface area (Å²) in [6, 6.07) is 7.84. The number of nitrogens with two attached hydrogens (primary N) is 1. The van der Waals surface area contributed by atoms with E-state index < -0.39 is 6.09 Å². The molecule has 1 aromatic carbocycles. The van der Waals surface area contributed by atoms with Gasteiger partial charge in [0.25, 0.3) is 0 Å². The molecule has 1 amide bonds. The highest BCUT2D eigenvalue weighted by molar-refractivity contribution is 5.65. The molecule has 0 radical (unpaired) electrons. The molecule has 1 aliphatic heterocycles. The molecule has 1 aromatic rings. The van der Waals surface area contributed by atoms with Gasteiger partial charge < -0.3 is 15.7 Å². The first-order valence-electron chi connectivity index (χ1n) is 5.50. The van der Waals surface area contributed by atoms with E-state index in [0.29, 0.717) is 19.0 Å². The second-order valence-corrected chi connectivity index (χ2v) is 4.17. The zero-order chi connectivity index (χ0) is 11.5. The molecule has 4 nitrogen and oxygen atoms in total. The maximum Gasteiger partial charge on any atom is 0.407 e. The molecular weight excluding hydrogens is 204 g/mol. The number of hydrogen-bond acceptors (Lipinski definition) is 2. The molecule has 0 unspecified atom stereocenters. The minimum Gasteiger partial charge on any atom is -0.465 e. The number of carboxylic acid groups (broad SMARTS) is 1. The predicted molar refractivity (Wildman–Crippen MR) is 62.4 cm³/mol. The molecule has 0 saturated carbocycles. The van der Waals surface area contributed by atoms with Crippen LogP contribution in [0.25, 0.3) is 0 Å². The number of anilines is 1. The van der Waals surface area contributed by atoms with Gasteiger partial charge in [0.1, 0.15) is 0 Å². The summed E-state index contributed by atoms with van der Waals surface area (Å²) in [7, 11) is 0. The lowest BCUT2D eigenvalue weighted by Crippen LogP contribution is -2.36. The van der Waals surface area contributed by atoms with E-state index in [2.05, 4.69) is 0 Å². The van der Waals surface area contributed by atoms with Crippen molar-refractivity contribution < 1.29 is 9.90 Å². The fraction of sp³-hybridized carbons (Fsp3) is 0.417. The number of nitrogen functional groups attached to an aromatic ring is 1. The molecule has 0 aromatic heterocycles. The maximum absolute atomic E-state index is 10.8. The first-order valence-corrected chi connectivity index (χ1v) is 5.50. The van der Waals surface area contributed by atoms with Crippen LogP contribution >= 0.6 is 0 Å². The van der Waals surface area contributed by atoms with Crippen molar-refractivity contribution in [1.82, 2.24) is 4.90 Å². The lowest BCUT2D eigenvalue weighted by atomic mass is 9.88. The molecule has 1 aliphatic rings. The zero-order valence-corrected chi connectivity index (χ0v) is 9.10. The lowest BCUT2D eigenvalue weighted by Gasteiger charge is -2.30. The van der Waals surface area contributed by atoms with E-state index in [-0.39, 0.29) is 0 Å². The summed E-state index contributed by atoms with van der Waals surface area (Å²) in [6.07, 6.45) is 0.903. The van der Waals surface area contributed by atoms with Gasteiger partial charge in [-0.15, -0.1) is 0 Å². The normalized spacial score (nSPS) is 17.4. The van der Waals surface area contributed by atoms with E-state index in [9.17, 15) is 4.79 Å². The third-order valence-corrected chi connectivity index (χ3v) is 3.20. The third kappa shape index (κ3) is 2.10. The largest absolute Gasteiger partial charge is 0.465 e. The molecule has 0 atom stereocenters. The average molecular weight is 220 g/mol. The van der Waals surface area contributed by atoms with Crippen molar-refractivity contribution in [2.24, 2.45) is 0 Å². The second kappa shape index (κ2) is 4.43. The molecule has 16 heavy (non-hydrogen) atoms. The van der Waals surface area contributed by atoms with Gasteiger partial charge in [0.05, 0.1) is 0 Å². The van der Waals surface area contributed by atoms with Gasteiger partial charge >= 0.3 is 6.09 Å². The Balaban J connectivity index is 2.05. The van der Waals surface area contributed by atoms with Crippen LogP contribution in [-0.2, 0) is 0 Å². The molecule has 0 aliphatic carbocycles. The summed E-state index contributed by atoms with van der Waals surface area (Å²) in [5.74, 6) is 0.400. The van der Waals surface area contributed by atoms with Crippen LogP contribution in [-0.4, -0.2) is 29.2 Å². The van der Waals surface area contributed by atoms with E-state index in [4.69, 9.17) is 10.8 Å². The van der Waals surface area contributed by atoms with Gasteiger partial charge in [-0.05, 0) is 30.4 Å². The molecule has 1 fully saturated rings. The topological polar surface area (TPSA) is 66.6 Å². The molecule has 0 spiro atoms. The quantitative estimate of drug-likeness (QED) is 0.712. The van der Waals surface area contributed by atoms with Gasteiger partial charge in [0.15, 0.2) is 0 Å². The predicted octanol–water partition coefficient (Wildman–Crippen LogP) is 2.13. The van der Waals surface area contributed by atoms with Crippen LogP contribution < -0.4 is 5.73 Å². The molecule has 3 N–H and O–H groups in total.